The van der Waals surface area contributed by atoms with Crippen LogP contribution in [-0.4, -0.2) is 53.2 Å². The van der Waals surface area contributed by atoms with E-state index in [1.54, 1.807) is 25.4 Å². The Morgan fingerprint density at radius 2 is 2.20 bits per heavy atom. The predicted molar refractivity (Wildman–Crippen MR) is 92.8 cm³/mol. The Morgan fingerprint density at radius 1 is 1.40 bits per heavy atom. The lowest BCUT2D eigenvalue weighted by Gasteiger charge is -2.16. The predicted octanol–water partition coefficient (Wildman–Crippen LogP) is 2.62. The molecule has 0 fully saturated rings. The topological polar surface area (TPSA) is 88.7 Å². The maximum atomic E-state index is 12.3. The zero-order valence-corrected chi connectivity index (χ0v) is 14.4. The first-order chi connectivity index (χ1) is 12.0. The first-order valence-electron chi connectivity index (χ1n) is 7.50. The van der Waals surface area contributed by atoms with Crippen LogP contribution in [0.3, 0.4) is 0 Å². The summed E-state index contributed by atoms with van der Waals surface area (Å²) >= 11 is 6.11. The molecule has 0 saturated carbocycles. The molecule has 8 heteroatoms. The van der Waals surface area contributed by atoms with Gasteiger partial charge in [0.25, 0.3) is 5.91 Å². The average Bonchev–Trinajstić information content (AvgIpc) is 3.06. The minimum atomic E-state index is -0.312. The van der Waals surface area contributed by atoms with Crippen LogP contribution in [0, 0.1) is 0 Å². The van der Waals surface area contributed by atoms with Gasteiger partial charge in [0.2, 0.25) is 0 Å². The Labute approximate surface area is 148 Å². The second-order valence-corrected chi connectivity index (χ2v) is 5.75. The maximum absolute atomic E-state index is 12.3. The number of pyridine rings is 2. The van der Waals surface area contributed by atoms with Crippen LogP contribution in [0.4, 0.5) is 0 Å². The number of hydrogen-bond donors (Lipinski definition) is 1. The largest absolute Gasteiger partial charge is 0.496 e. The molecule has 0 aliphatic heterocycles. The molecule has 3 aromatic rings. The van der Waals surface area contributed by atoms with E-state index in [-0.39, 0.29) is 24.8 Å². The molecule has 3 heterocycles. The molecule has 0 bridgehead atoms. The molecule has 0 radical (unpaired) electrons. The molecule has 1 N–H and O–H groups in total. The van der Waals surface area contributed by atoms with Gasteiger partial charge in [-0.1, -0.05) is 11.6 Å². The van der Waals surface area contributed by atoms with Gasteiger partial charge in [0, 0.05) is 38.1 Å². The van der Waals surface area contributed by atoms with Crippen molar-refractivity contribution in [1.29, 1.82) is 0 Å². The van der Waals surface area contributed by atoms with Gasteiger partial charge < -0.3 is 19.2 Å². The zero-order chi connectivity index (χ0) is 18.0. The number of furan rings is 1. The van der Waals surface area contributed by atoms with Crippen LogP contribution < -0.4 is 4.74 Å². The minimum Gasteiger partial charge on any atom is -0.496 e. The van der Waals surface area contributed by atoms with E-state index in [2.05, 4.69) is 9.97 Å². The fourth-order valence-corrected chi connectivity index (χ4v) is 2.59. The van der Waals surface area contributed by atoms with Crippen molar-refractivity contribution in [3.8, 4) is 17.1 Å². The van der Waals surface area contributed by atoms with Crippen LogP contribution in [0.25, 0.3) is 22.4 Å². The Balaban J connectivity index is 2.01. The molecule has 0 spiro atoms. The van der Waals surface area contributed by atoms with Gasteiger partial charge in [-0.25, -0.2) is 0 Å². The molecule has 0 aliphatic carbocycles. The summed E-state index contributed by atoms with van der Waals surface area (Å²) in [7, 11) is 3.09. The Morgan fingerprint density at radius 3 is 2.88 bits per heavy atom. The Kier molecular flexibility index (Phi) is 4.87. The van der Waals surface area contributed by atoms with E-state index >= 15 is 0 Å². The number of methoxy groups -OCH3 is 1. The number of aliphatic hydroxyl groups excluding tert-OH is 1. The molecule has 0 saturated heterocycles. The number of rotatable bonds is 5. The van der Waals surface area contributed by atoms with Crippen LogP contribution in [0.15, 0.2) is 35.0 Å². The summed E-state index contributed by atoms with van der Waals surface area (Å²) in [5.41, 5.74) is 1.89. The number of hydrogen-bond acceptors (Lipinski definition) is 6. The molecule has 3 aromatic heterocycles. The standard InChI is InChI=1S/C17H16ClN3O4/c1-21(5-6-22)17(23)13-8-14(24-2)10(9-20-13)15-7-12-16(25-15)11(18)3-4-19-12/h3-4,7-9,22H,5-6H2,1-2H3. The number of carbonyl (C=O) groups is 1. The van der Waals surface area contributed by atoms with E-state index in [9.17, 15) is 4.79 Å². The van der Waals surface area contributed by atoms with Crippen molar-refractivity contribution in [2.24, 2.45) is 0 Å². The number of aromatic nitrogens is 2. The van der Waals surface area contributed by atoms with Gasteiger partial charge in [-0.2, -0.15) is 0 Å². The molecule has 25 heavy (non-hydrogen) atoms. The Hall–Kier alpha value is -2.64. The van der Waals surface area contributed by atoms with E-state index in [0.29, 0.717) is 33.2 Å². The van der Waals surface area contributed by atoms with Gasteiger partial charge in [-0.15, -0.1) is 0 Å². The number of amides is 1. The number of halogens is 1. The molecule has 0 unspecified atom stereocenters. The van der Waals surface area contributed by atoms with Crippen LogP contribution in [-0.2, 0) is 0 Å². The molecule has 1 amide bonds. The quantitative estimate of drug-likeness (QED) is 0.751. The molecule has 3 rings (SSSR count). The second kappa shape index (κ2) is 7.08. The van der Waals surface area contributed by atoms with E-state index in [1.807, 2.05) is 0 Å². The SMILES string of the molecule is COc1cc(C(=O)N(C)CCO)ncc1-c1cc2nccc(Cl)c2o1. The summed E-state index contributed by atoms with van der Waals surface area (Å²) in [5, 5.41) is 9.41. The molecular formula is C17H16ClN3O4. The van der Waals surface area contributed by atoms with Crippen molar-refractivity contribution in [2.75, 3.05) is 27.3 Å². The summed E-state index contributed by atoms with van der Waals surface area (Å²) in [6.07, 6.45) is 3.10. The van der Waals surface area contributed by atoms with Crippen molar-refractivity contribution >= 4 is 28.6 Å². The molecule has 0 aromatic carbocycles. The fraction of sp³-hybridized carbons (Fsp3) is 0.235. The molecular weight excluding hydrogens is 346 g/mol. The first kappa shape index (κ1) is 17.2. The van der Waals surface area contributed by atoms with Crippen molar-refractivity contribution in [3.63, 3.8) is 0 Å². The lowest BCUT2D eigenvalue weighted by Crippen LogP contribution is -2.30. The highest BCUT2D eigenvalue weighted by Gasteiger charge is 2.19. The van der Waals surface area contributed by atoms with Gasteiger partial charge in [0.1, 0.15) is 22.7 Å². The average molecular weight is 362 g/mol. The monoisotopic (exact) mass is 361 g/mol. The van der Waals surface area contributed by atoms with Crippen molar-refractivity contribution in [2.45, 2.75) is 0 Å². The molecule has 0 atom stereocenters. The van der Waals surface area contributed by atoms with E-state index in [0.717, 1.165) is 0 Å². The highest BCUT2D eigenvalue weighted by atomic mass is 35.5. The summed E-state index contributed by atoms with van der Waals surface area (Å²) in [6.45, 7) is 0.0997. The number of ether oxygens (including phenoxy) is 1. The highest BCUT2D eigenvalue weighted by molar-refractivity contribution is 6.34. The number of carbonyl (C=O) groups excluding carboxylic acids is 1. The van der Waals surface area contributed by atoms with Gasteiger partial charge in [-0.05, 0) is 6.07 Å². The highest BCUT2D eigenvalue weighted by Crippen LogP contribution is 2.35. The number of fused-ring (bicyclic) bond motifs is 1. The third-order valence-corrected chi connectivity index (χ3v) is 4.01. The number of likely N-dealkylation sites (N-methyl/N-ethyl adjacent to an activating group) is 1. The lowest BCUT2D eigenvalue weighted by atomic mass is 10.1. The maximum Gasteiger partial charge on any atom is 0.272 e. The fourth-order valence-electron chi connectivity index (χ4n) is 2.39. The summed E-state index contributed by atoms with van der Waals surface area (Å²) < 4.78 is 11.2. The third kappa shape index (κ3) is 3.29. The van der Waals surface area contributed by atoms with Crippen LogP contribution in [0.1, 0.15) is 10.5 Å². The van der Waals surface area contributed by atoms with Crippen molar-refractivity contribution < 1.29 is 19.1 Å². The third-order valence-electron chi connectivity index (χ3n) is 3.72. The van der Waals surface area contributed by atoms with E-state index in [4.69, 9.17) is 25.9 Å². The number of nitrogens with zero attached hydrogens (tertiary/aromatic N) is 3. The smallest absolute Gasteiger partial charge is 0.272 e. The van der Waals surface area contributed by atoms with Crippen molar-refractivity contribution in [1.82, 2.24) is 14.9 Å². The van der Waals surface area contributed by atoms with E-state index in [1.165, 1.54) is 24.3 Å². The van der Waals surface area contributed by atoms with Crippen LogP contribution in [0.5, 0.6) is 5.75 Å². The van der Waals surface area contributed by atoms with Gasteiger partial charge in [0.15, 0.2) is 5.58 Å². The summed E-state index contributed by atoms with van der Waals surface area (Å²) in [5.74, 6) is 0.613. The van der Waals surface area contributed by atoms with Gasteiger partial charge in [0.05, 0.1) is 24.3 Å². The summed E-state index contributed by atoms with van der Waals surface area (Å²) in [4.78, 5) is 22.1. The van der Waals surface area contributed by atoms with Crippen LogP contribution >= 0.6 is 11.6 Å². The normalized spacial score (nSPS) is 10.9. The molecule has 130 valence electrons. The zero-order valence-electron chi connectivity index (χ0n) is 13.7. The van der Waals surface area contributed by atoms with E-state index < -0.39 is 0 Å². The lowest BCUT2D eigenvalue weighted by molar-refractivity contribution is 0.0761. The first-order valence-corrected chi connectivity index (χ1v) is 7.87. The van der Waals surface area contributed by atoms with Crippen molar-refractivity contribution in [3.05, 3.63) is 41.3 Å². The second-order valence-electron chi connectivity index (χ2n) is 5.34. The van der Waals surface area contributed by atoms with Crippen LogP contribution in [0.2, 0.25) is 5.02 Å². The molecule has 7 nitrogen and oxygen atoms in total. The molecule has 0 aliphatic rings. The summed E-state index contributed by atoms with van der Waals surface area (Å²) in [6, 6.07) is 4.92. The Bertz CT molecular complexity index is 925. The minimum absolute atomic E-state index is 0.121. The van der Waals surface area contributed by atoms with Gasteiger partial charge >= 0.3 is 0 Å². The van der Waals surface area contributed by atoms with Gasteiger partial charge in [-0.3, -0.25) is 14.8 Å². The number of aliphatic hydroxyl groups is 1.